The number of aromatic nitrogens is 1. The van der Waals surface area contributed by atoms with E-state index in [1.54, 1.807) is 18.2 Å². The van der Waals surface area contributed by atoms with Crippen LogP contribution in [0, 0.1) is 20.8 Å². The summed E-state index contributed by atoms with van der Waals surface area (Å²) < 4.78 is 1.87. The second kappa shape index (κ2) is 8.89. The molecule has 0 unspecified atom stereocenters. The molecule has 3 aromatic rings. The smallest absolute Gasteiger partial charge is 0.337 e. The Kier molecular flexibility index (Phi) is 6.12. The average Bonchev–Trinajstić information content (AvgIpc) is 3.03. The molecule has 9 heteroatoms. The molecular weight excluding hydrogens is 474 g/mol. The van der Waals surface area contributed by atoms with E-state index in [0.29, 0.717) is 16.9 Å². The lowest BCUT2D eigenvalue weighted by atomic mass is 10.1. The Morgan fingerprint density at radius 3 is 2.44 bits per heavy atom. The van der Waals surface area contributed by atoms with E-state index >= 15 is 0 Å². The maximum Gasteiger partial charge on any atom is 0.337 e. The molecule has 0 bridgehead atoms. The monoisotopic (exact) mass is 493 g/mol. The first-order chi connectivity index (χ1) is 16.1. The standard InChI is InChI=1S/C25H20ClN3O4S/c1-13-5-4-6-17(9-13)29-23(31)20(22(30)27-25(29)34)11-16-10-14(2)28(15(16)3)18-7-8-19(24(32)33)21(26)12-18/h4-12H,1-3H3,(H,32,33)(H,27,30,34)/b20-11+. The Bertz CT molecular complexity index is 1420. The van der Waals surface area contributed by atoms with Gasteiger partial charge in [0.15, 0.2) is 5.11 Å². The number of carbonyl (C=O) groups excluding carboxylic acids is 2. The number of hydrogen-bond donors (Lipinski definition) is 2. The number of thiocarbonyl (C=S) groups is 1. The predicted molar refractivity (Wildman–Crippen MR) is 135 cm³/mol. The molecule has 7 nitrogen and oxygen atoms in total. The zero-order valence-electron chi connectivity index (χ0n) is 18.5. The van der Waals surface area contributed by atoms with Crippen molar-refractivity contribution in [1.29, 1.82) is 0 Å². The van der Waals surface area contributed by atoms with Crippen molar-refractivity contribution in [2.24, 2.45) is 0 Å². The van der Waals surface area contributed by atoms with E-state index in [0.717, 1.165) is 17.0 Å². The largest absolute Gasteiger partial charge is 0.478 e. The highest BCUT2D eigenvalue weighted by Crippen LogP contribution is 2.28. The molecule has 4 rings (SSSR count). The number of rotatable bonds is 4. The fraction of sp³-hybridized carbons (Fsp3) is 0.120. The van der Waals surface area contributed by atoms with E-state index in [1.807, 2.05) is 49.6 Å². The summed E-state index contributed by atoms with van der Waals surface area (Å²) in [5.74, 6) is -2.20. The summed E-state index contributed by atoms with van der Waals surface area (Å²) in [7, 11) is 0. The van der Waals surface area contributed by atoms with Crippen LogP contribution in [0.3, 0.4) is 0 Å². The first-order valence-corrected chi connectivity index (χ1v) is 11.1. The van der Waals surface area contributed by atoms with E-state index in [2.05, 4.69) is 5.32 Å². The molecule has 1 saturated heterocycles. The lowest BCUT2D eigenvalue weighted by Crippen LogP contribution is -2.54. The third kappa shape index (κ3) is 4.13. The van der Waals surface area contributed by atoms with Gasteiger partial charge in [0.25, 0.3) is 11.8 Å². The highest BCUT2D eigenvalue weighted by molar-refractivity contribution is 7.80. The number of halogens is 1. The van der Waals surface area contributed by atoms with Gasteiger partial charge in [0, 0.05) is 17.1 Å². The summed E-state index contributed by atoms with van der Waals surface area (Å²) in [6.45, 7) is 5.61. The van der Waals surface area contributed by atoms with Gasteiger partial charge in [-0.05, 0) is 86.6 Å². The number of carbonyl (C=O) groups is 3. The summed E-state index contributed by atoms with van der Waals surface area (Å²) in [5, 5.41) is 12.0. The summed E-state index contributed by atoms with van der Waals surface area (Å²) in [4.78, 5) is 38.6. The van der Waals surface area contributed by atoms with Gasteiger partial charge < -0.3 is 9.67 Å². The minimum Gasteiger partial charge on any atom is -0.478 e. The molecule has 0 aliphatic carbocycles. The van der Waals surface area contributed by atoms with Crippen LogP contribution in [0.25, 0.3) is 11.8 Å². The Labute approximate surface area is 206 Å². The maximum absolute atomic E-state index is 13.3. The SMILES string of the molecule is Cc1cccc(N2C(=O)/C(=C/c3cc(C)n(-c4ccc(C(=O)O)c(Cl)c4)c3C)C(=O)NC2=S)c1. The molecule has 34 heavy (non-hydrogen) atoms. The van der Waals surface area contributed by atoms with Crippen molar-refractivity contribution in [3.05, 3.63) is 87.2 Å². The van der Waals surface area contributed by atoms with Gasteiger partial charge in [-0.25, -0.2) is 4.79 Å². The number of aromatic carboxylic acids is 1. The number of anilines is 1. The summed E-state index contributed by atoms with van der Waals surface area (Å²) in [6, 6.07) is 13.8. The van der Waals surface area contributed by atoms with E-state index in [4.69, 9.17) is 23.8 Å². The number of carboxylic acids is 1. The van der Waals surface area contributed by atoms with Crippen LogP contribution in [0.4, 0.5) is 5.69 Å². The highest BCUT2D eigenvalue weighted by atomic mass is 35.5. The van der Waals surface area contributed by atoms with Crippen LogP contribution >= 0.6 is 23.8 Å². The molecule has 1 aliphatic rings. The molecule has 0 saturated carbocycles. The van der Waals surface area contributed by atoms with Gasteiger partial charge in [-0.2, -0.15) is 0 Å². The average molecular weight is 494 g/mol. The lowest BCUT2D eigenvalue weighted by Gasteiger charge is -2.29. The second-order valence-electron chi connectivity index (χ2n) is 7.93. The zero-order chi connectivity index (χ0) is 24.7. The topological polar surface area (TPSA) is 91.6 Å². The van der Waals surface area contributed by atoms with Gasteiger partial charge in [0.05, 0.1) is 16.3 Å². The van der Waals surface area contributed by atoms with Gasteiger partial charge in [-0.15, -0.1) is 0 Å². The number of hydrogen-bond acceptors (Lipinski definition) is 4. The van der Waals surface area contributed by atoms with Crippen molar-refractivity contribution in [3.8, 4) is 5.69 Å². The number of amides is 2. The van der Waals surface area contributed by atoms with E-state index in [9.17, 15) is 19.5 Å². The van der Waals surface area contributed by atoms with Gasteiger partial charge >= 0.3 is 5.97 Å². The van der Waals surface area contributed by atoms with Crippen LogP contribution in [0.1, 0.15) is 32.9 Å². The van der Waals surface area contributed by atoms with E-state index in [1.165, 1.54) is 17.0 Å². The van der Waals surface area contributed by atoms with Crippen molar-refractivity contribution < 1.29 is 19.5 Å². The van der Waals surface area contributed by atoms with Crippen LogP contribution in [-0.4, -0.2) is 32.6 Å². The molecular formula is C25H20ClN3O4S. The van der Waals surface area contributed by atoms with Crippen molar-refractivity contribution in [1.82, 2.24) is 9.88 Å². The lowest BCUT2D eigenvalue weighted by molar-refractivity contribution is -0.122. The van der Waals surface area contributed by atoms with Crippen LogP contribution in [0.15, 0.2) is 54.1 Å². The Morgan fingerprint density at radius 1 is 1.06 bits per heavy atom. The second-order valence-corrected chi connectivity index (χ2v) is 8.72. The van der Waals surface area contributed by atoms with Crippen LogP contribution < -0.4 is 10.2 Å². The molecule has 1 aromatic heterocycles. The Balaban J connectivity index is 1.76. The van der Waals surface area contributed by atoms with Crippen molar-refractivity contribution in [2.75, 3.05) is 4.90 Å². The van der Waals surface area contributed by atoms with E-state index in [-0.39, 0.29) is 21.3 Å². The number of carboxylic acid groups (broad SMARTS) is 1. The molecule has 1 fully saturated rings. The first-order valence-electron chi connectivity index (χ1n) is 10.3. The summed E-state index contributed by atoms with van der Waals surface area (Å²) >= 11 is 11.4. The molecule has 0 atom stereocenters. The fourth-order valence-electron chi connectivity index (χ4n) is 3.96. The molecule has 172 valence electrons. The van der Waals surface area contributed by atoms with Gasteiger partial charge in [0.1, 0.15) is 5.57 Å². The first kappa shape index (κ1) is 23.4. The number of nitrogens with one attached hydrogen (secondary N) is 1. The predicted octanol–water partition coefficient (Wildman–Crippen LogP) is 4.59. The minimum atomic E-state index is -1.11. The van der Waals surface area contributed by atoms with Crippen LogP contribution in [-0.2, 0) is 9.59 Å². The zero-order valence-corrected chi connectivity index (χ0v) is 20.1. The van der Waals surface area contributed by atoms with Gasteiger partial charge in [0.2, 0.25) is 0 Å². The third-order valence-corrected chi connectivity index (χ3v) is 6.17. The van der Waals surface area contributed by atoms with Gasteiger partial charge in [-0.1, -0.05) is 23.7 Å². The molecule has 2 aromatic carbocycles. The van der Waals surface area contributed by atoms with Crippen molar-refractivity contribution >= 4 is 58.5 Å². The number of benzene rings is 2. The molecule has 0 radical (unpaired) electrons. The van der Waals surface area contributed by atoms with E-state index < -0.39 is 17.8 Å². The van der Waals surface area contributed by atoms with Crippen molar-refractivity contribution in [2.45, 2.75) is 20.8 Å². The maximum atomic E-state index is 13.3. The molecule has 2 heterocycles. The van der Waals surface area contributed by atoms with Crippen LogP contribution in [0.5, 0.6) is 0 Å². The summed E-state index contributed by atoms with van der Waals surface area (Å²) in [6.07, 6.45) is 1.54. The Morgan fingerprint density at radius 2 is 1.79 bits per heavy atom. The summed E-state index contributed by atoms with van der Waals surface area (Å²) in [5.41, 5.74) is 4.37. The number of nitrogens with zero attached hydrogens (tertiary/aromatic N) is 2. The fourth-order valence-corrected chi connectivity index (χ4v) is 4.50. The molecule has 2 amide bonds. The highest BCUT2D eigenvalue weighted by Gasteiger charge is 2.34. The Hall–Kier alpha value is -3.75. The van der Waals surface area contributed by atoms with Gasteiger partial charge in [-0.3, -0.25) is 19.8 Å². The normalized spacial score (nSPS) is 15.1. The quantitative estimate of drug-likeness (QED) is 0.315. The minimum absolute atomic E-state index is 0.00639. The molecule has 0 spiro atoms. The third-order valence-electron chi connectivity index (χ3n) is 5.57. The molecule has 1 aliphatic heterocycles. The number of aryl methyl sites for hydroxylation is 2. The van der Waals surface area contributed by atoms with Crippen molar-refractivity contribution in [3.63, 3.8) is 0 Å². The van der Waals surface area contributed by atoms with Crippen LogP contribution in [0.2, 0.25) is 5.02 Å². The molecule has 2 N–H and O–H groups in total.